The number of anilines is 1. The first-order valence-electron chi connectivity index (χ1n) is 8.96. The Morgan fingerprint density at radius 1 is 1.14 bits per heavy atom. The third-order valence-electron chi connectivity index (χ3n) is 4.70. The van der Waals surface area contributed by atoms with Gasteiger partial charge in [-0.05, 0) is 30.3 Å². The van der Waals surface area contributed by atoms with Crippen LogP contribution in [0.4, 0.5) is 10.1 Å². The van der Waals surface area contributed by atoms with Crippen molar-refractivity contribution >= 4 is 27.3 Å². The van der Waals surface area contributed by atoms with E-state index in [1.54, 1.807) is 18.2 Å². The molecular formula is C19H23ClFN3O3S. The van der Waals surface area contributed by atoms with Gasteiger partial charge in [-0.3, -0.25) is 4.90 Å². The molecule has 0 saturated carbocycles. The lowest BCUT2D eigenvalue weighted by atomic mass is 10.2. The Labute approximate surface area is 169 Å². The number of hydrogen-bond donors (Lipinski definition) is 1. The average Bonchev–Trinajstić information content (AvgIpc) is 2.69. The van der Waals surface area contributed by atoms with E-state index in [4.69, 9.17) is 16.3 Å². The fourth-order valence-corrected chi connectivity index (χ4v) is 4.65. The van der Waals surface area contributed by atoms with Gasteiger partial charge in [0, 0.05) is 44.3 Å². The van der Waals surface area contributed by atoms with E-state index in [0.717, 1.165) is 13.1 Å². The molecule has 0 atom stereocenters. The lowest BCUT2D eigenvalue weighted by Gasteiger charge is -2.36. The Hall–Kier alpha value is -1.87. The summed E-state index contributed by atoms with van der Waals surface area (Å²) < 4.78 is 46.7. The van der Waals surface area contributed by atoms with Gasteiger partial charge >= 0.3 is 0 Å². The van der Waals surface area contributed by atoms with E-state index in [1.807, 2.05) is 11.0 Å². The van der Waals surface area contributed by atoms with Gasteiger partial charge < -0.3 is 9.64 Å². The second-order valence-electron chi connectivity index (χ2n) is 6.47. The summed E-state index contributed by atoms with van der Waals surface area (Å²) in [5.41, 5.74) is 0.607. The normalized spacial score (nSPS) is 15.6. The summed E-state index contributed by atoms with van der Waals surface area (Å²) in [5.74, 6) is 0.0228. The van der Waals surface area contributed by atoms with Crippen molar-refractivity contribution in [3.05, 3.63) is 53.3 Å². The molecular weight excluding hydrogens is 405 g/mol. The number of nitrogens with one attached hydrogen (secondary N) is 1. The Bertz CT molecular complexity index is 918. The molecule has 1 aliphatic rings. The van der Waals surface area contributed by atoms with Gasteiger partial charge in [0.05, 0.1) is 12.8 Å². The predicted octanol–water partition coefficient (Wildman–Crippen LogP) is 2.59. The van der Waals surface area contributed by atoms with E-state index in [9.17, 15) is 12.8 Å². The number of nitrogens with zero attached hydrogens (tertiary/aromatic N) is 2. The molecule has 0 spiro atoms. The lowest BCUT2D eigenvalue weighted by Crippen LogP contribution is -2.48. The second kappa shape index (κ2) is 9.09. The van der Waals surface area contributed by atoms with Crippen LogP contribution in [0, 0.1) is 5.82 Å². The number of benzene rings is 2. The smallest absolute Gasteiger partial charge is 0.244 e. The molecule has 0 aromatic heterocycles. The van der Waals surface area contributed by atoms with E-state index < -0.39 is 10.0 Å². The maximum Gasteiger partial charge on any atom is 0.244 e. The maximum atomic E-state index is 13.9. The fourth-order valence-electron chi connectivity index (χ4n) is 3.20. The van der Waals surface area contributed by atoms with Gasteiger partial charge in [0.2, 0.25) is 10.0 Å². The molecule has 3 rings (SSSR count). The second-order valence-corrected chi connectivity index (χ2v) is 8.64. The van der Waals surface area contributed by atoms with E-state index in [1.165, 1.54) is 25.3 Å². The highest BCUT2D eigenvalue weighted by atomic mass is 35.5. The molecule has 0 aliphatic carbocycles. The molecule has 0 unspecified atom stereocenters. The van der Waals surface area contributed by atoms with Gasteiger partial charge in [-0.2, -0.15) is 0 Å². The molecule has 0 bridgehead atoms. The van der Waals surface area contributed by atoms with Crippen LogP contribution in [0.5, 0.6) is 5.75 Å². The monoisotopic (exact) mass is 427 g/mol. The van der Waals surface area contributed by atoms with Crippen LogP contribution in [0.15, 0.2) is 47.4 Å². The zero-order chi connectivity index (χ0) is 20.1. The molecule has 0 amide bonds. The van der Waals surface area contributed by atoms with Crippen molar-refractivity contribution in [2.24, 2.45) is 0 Å². The molecule has 6 nitrogen and oxygen atoms in total. The number of ether oxygens (including phenoxy) is 1. The first-order valence-corrected chi connectivity index (χ1v) is 10.8. The third kappa shape index (κ3) is 4.94. The number of para-hydroxylation sites is 1. The van der Waals surface area contributed by atoms with Crippen molar-refractivity contribution in [1.29, 1.82) is 0 Å². The highest BCUT2D eigenvalue weighted by Gasteiger charge is 2.22. The first kappa shape index (κ1) is 20.9. The summed E-state index contributed by atoms with van der Waals surface area (Å²) in [7, 11) is -2.32. The summed E-state index contributed by atoms with van der Waals surface area (Å²) in [6.07, 6.45) is 0. The lowest BCUT2D eigenvalue weighted by molar-refractivity contribution is 0.261. The average molecular weight is 428 g/mol. The van der Waals surface area contributed by atoms with Gasteiger partial charge in [0.1, 0.15) is 16.5 Å². The van der Waals surface area contributed by atoms with Crippen molar-refractivity contribution in [2.45, 2.75) is 4.90 Å². The molecule has 1 aliphatic heterocycles. The van der Waals surface area contributed by atoms with Crippen LogP contribution in [-0.4, -0.2) is 59.7 Å². The molecule has 2 aromatic carbocycles. The van der Waals surface area contributed by atoms with Crippen LogP contribution in [0.25, 0.3) is 0 Å². The van der Waals surface area contributed by atoms with E-state index in [0.29, 0.717) is 30.3 Å². The van der Waals surface area contributed by atoms with E-state index in [2.05, 4.69) is 9.62 Å². The number of sulfonamides is 1. The Balaban J connectivity index is 1.52. The van der Waals surface area contributed by atoms with Crippen molar-refractivity contribution in [3.8, 4) is 5.75 Å². The fraction of sp³-hybridized carbons (Fsp3) is 0.368. The molecule has 9 heteroatoms. The summed E-state index contributed by atoms with van der Waals surface area (Å²) >= 11 is 5.92. The van der Waals surface area contributed by atoms with Crippen molar-refractivity contribution < 1.29 is 17.5 Å². The Morgan fingerprint density at radius 2 is 1.86 bits per heavy atom. The molecule has 28 heavy (non-hydrogen) atoms. The Kier molecular flexibility index (Phi) is 6.77. The predicted molar refractivity (Wildman–Crippen MR) is 108 cm³/mol. The van der Waals surface area contributed by atoms with Crippen molar-refractivity contribution in [2.75, 3.05) is 51.3 Å². The first-order chi connectivity index (χ1) is 13.4. The van der Waals surface area contributed by atoms with Gasteiger partial charge in [-0.15, -0.1) is 0 Å². The molecule has 1 heterocycles. The van der Waals surface area contributed by atoms with Gasteiger partial charge in [-0.25, -0.2) is 17.5 Å². The third-order valence-corrected chi connectivity index (χ3v) is 6.42. The van der Waals surface area contributed by atoms with E-state index >= 15 is 0 Å². The summed E-state index contributed by atoms with van der Waals surface area (Å²) in [5, 5.41) is 0.324. The summed E-state index contributed by atoms with van der Waals surface area (Å²) in [6.45, 7) is 3.67. The zero-order valence-corrected chi connectivity index (χ0v) is 17.1. The number of methoxy groups -OCH3 is 1. The van der Waals surface area contributed by atoms with Crippen LogP contribution in [0.3, 0.4) is 0 Å². The van der Waals surface area contributed by atoms with Gasteiger partial charge in [0.15, 0.2) is 0 Å². The SMILES string of the molecule is COc1ccc(Cl)cc1S(=O)(=O)NCCN1CCN(c2ccccc2F)CC1. The van der Waals surface area contributed by atoms with Crippen LogP contribution in [-0.2, 0) is 10.0 Å². The van der Waals surface area contributed by atoms with Crippen molar-refractivity contribution in [3.63, 3.8) is 0 Å². The van der Waals surface area contributed by atoms with Gasteiger partial charge in [-0.1, -0.05) is 23.7 Å². The number of hydrogen-bond acceptors (Lipinski definition) is 5. The quantitative estimate of drug-likeness (QED) is 0.736. The zero-order valence-electron chi connectivity index (χ0n) is 15.6. The molecule has 152 valence electrons. The molecule has 0 radical (unpaired) electrons. The molecule has 1 saturated heterocycles. The van der Waals surface area contributed by atoms with Crippen LogP contribution >= 0.6 is 11.6 Å². The standard InChI is InChI=1S/C19H23ClFN3O3S/c1-27-18-7-6-15(20)14-19(18)28(25,26)22-8-9-23-10-12-24(13-11-23)17-5-3-2-4-16(17)21/h2-7,14,22H,8-13H2,1H3. The van der Waals surface area contributed by atoms with E-state index in [-0.39, 0.29) is 23.0 Å². The minimum absolute atomic E-state index is 0.0203. The summed E-state index contributed by atoms with van der Waals surface area (Å²) in [6, 6.07) is 11.2. The number of halogens is 2. The minimum atomic E-state index is -3.73. The summed E-state index contributed by atoms with van der Waals surface area (Å²) in [4.78, 5) is 4.17. The van der Waals surface area contributed by atoms with Crippen molar-refractivity contribution in [1.82, 2.24) is 9.62 Å². The maximum absolute atomic E-state index is 13.9. The van der Waals surface area contributed by atoms with Crippen LogP contribution in [0.2, 0.25) is 5.02 Å². The number of piperazine rings is 1. The molecule has 2 aromatic rings. The molecule has 1 N–H and O–H groups in total. The van der Waals surface area contributed by atoms with Crippen LogP contribution in [0.1, 0.15) is 0 Å². The number of rotatable bonds is 7. The Morgan fingerprint density at radius 3 is 2.54 bits per heavy atom. The van der Waals surface area contributed by atoms with Crippen LogP contribution < -0.4 is 14.4 Å². The topological polar surface area (TPSA) is 61.9 Å². The largest absolute Gasteiger partial charge is 0.495 e. The molecule has 1 fully saturated rings. The van der Waals surface area contributed by atoms with Gasteiger partial charge in [0.25, 0.3) is 0 Å². The highest BCUT2D eigenvalue weighted by Crippen LogP contribution is 2.26. The minimum Gasteiger partial charge on any atom is -0.495 e. The highest BCUT2D eigenvalue weighted by molar-refractivity contribution is 7.89.